The van der Waals surface area contributed by atoms with Gasteiger partial charge in [0.2, 0.25) is 10.0 Å². The fraction of sp³-hybridized carbons (Fsp3) is 0.524. The number of carbonyl (C=O) groups excluding carboxylic acids is 1. The highest BCUT2D eigenvalue weighted by Crippen LogP contribution is 2.42. The molecular weight excluding hydrogens is 440 g/mol. The van der Waals surface area contributed by atoms with E-state index in [2.05, 4.69) is 10.5 Å². The second-order valence-electron chi connectivity index (χ2n) is 8.72. The van der Waals surface area contributed by atoms with Gasteiger partial charge in [-0.05, 0) is 56.2 Å². The molecule has 3 heterocycles. The number of piperidine rings is 1. The predicted octanol–water partition coefficient (Wildman–Crippen LogP) is 2.78. The molecule has 5 rings (SSSR count). The first-order valence-corrected chi connectivity index (χ1v) is 12.5. The van der Waals surface area contributed by atoms with Crippen LogP contribution in [0.1, 0.15) is 66.3 Å². The molecule has 3 fully saturated rings. The summed E-state index contributed by atoms with van der Waals surface area (Å²) < 4.78 is 33.7. The van der Waals surface area contributed by atoms with Crippen LogP contribution in [0.25, 0.3) is 0 Å². The fourth-order valence-electron chi connectivity index (χ4n) is 4.85. The summed E-state index contributed by atoms with van der Waals surface area (Å²) in [6.45, 7) is 0.296. The third-order valence-electron chi connectivity index (χ3n) is 6.53. The van der Waals surface area contributed by atoms with Crippen LogP contribution >= 0.6 is 11.6 Å². The van der Waals surface area contributed by atoms with E-state index in [0.717, 1.165) is 37.0 Å². The van der Waals surface area contributed by atoms with Crippen molar-refractivity contribution < 1.29 is 17.7 Å². The van der Waals surface area contributed by atoms with Crippen LogP contribution in [0.5, 0.6) is 0 Å². The molecule has 0 radical (unpaired) electrons. The molecule has 1 unspecified atom stereocenters. The summed E-state index contributed by atoms with van der Waals surface area (Å²) in [6, 6.07) is 6.12. The Morgan fingerprint density at radius 1 is 1.19 bits per heavy atom. The Hall–Kier alpha value is -1.94. The number of rotatable bonds is 6. The molecule has 10 heteroatoms. The number of halogens is 1. The molecular formula is C21H25ClN4O4S. The first-order chi connectivity index (χ1) is 14.9. The van der Waals surface area contributed by atoms with Gasteiger partial charge < -0.3 is 15.6 Å². The number of aromatic nitrogens is 1. The van der Waals surface area contributed by atoms with Crippen LogP contribution in [-0.4, -0.2) is 41.9 Å². The standard InChI is InChI=1S/C21H25ClN4O4S/c22-17-7-12(11-23)1-6-20(17)31(28,29)26-15-4-5-16(26)9-14(8-15)24-21(27)18-10-19(30-25-18)13-2-3-13/h1,6-7,10,13-16H,2-5,8-9,11,23H2,(H,24,27)/t14?,15-,16+. The van der Waals surface area contributed by atoms with Gasteiger partial charge >= 0.3 is 0 Å². The molecule has 1 saturated carbocycles. The van der Waals surface area contributed by atoms with Crippen LogP contribution in [0, 0.1) is 0 Å². The van der Waals surface area contributed by atoms with Crippen LogP contribution in [0.15, 0.2) is 33.7 Å². The van der Waals surface area contributed by atoms with Gasteiger partial charge in [-0.1, -0.05) is 22.8 Å². The lowest BCUT2D eigenvalue weighted by Gasteiger charge is -2.38. The number of fused-ring (bicyclic) bond motifs is 2. The van der Waals surface area contributed by atoms with E-state index in [0.29, 0.717) is 25.3 Å². The van der Waals surface area contributed by atoms with E-state index in [1.54, 1.807) is 22.5 Å². The fourth-order valence-corrected chi connectivity index (χ4v) is 7.29. The first kappa shape index (κ1) is 20.9. The number of carbonyl (C=O) groups is 1. The molecule has 1 amide bonds. The zero-order chi connectivity index (χ0) is 21.8. The molecule has 2 bridgehead atoms. The molecule has 1 aromatic heterocycles. The summed E-state index contributed by atoms with van der Waals surface area (Å²) >= 11 is 6.29. The SMILES string of the molecule is NCc1ccc(S(=O)(=O)N2[C@@H]3CC[C@H]2CC(NC(=O)c2cc(C4CC4)on2)C3)c(Cl)c1. The molecule has 3 N–H and O–H groups in total. The largest absolute Gasteiger partial charge is 0.360 e. The highest BCUT2D eigenvalue weighted by Gasteiger charge is 2.48. The van der Waals surface area contributed by atoms with Gasteiger partial charge in [-0.2, -0.15) is 4.31 Å². The average Bonchev–Trinajstić information content (AvgIpc) is 3.39. The molecule has 2 aliphatic heterocycles. The van der Waals surface area contributed by atoms with E-state index in [-0.39, 0.29) is 39.6 Å². The molecule has 166 valence electrons. The summed E-state index contributed by atoms with van der Waals surface area (Å²) in [5.41, 5.74) is 6.70. The monoisotopic (exact) mass is 464 g/mol. The van der Waals surface area contributed by atoms with E-state index < -0.39 is 10.0 Å². The van der Waals surface area contributed by atoms with Crippen molar-refractivity contribution in [3.8, 4) is 0 Å². The van der Waals surface area contributed by atoms with Gasteiger partial charge in [0, 0.05) is 36.7 Å². The second-order valence-corrected chi connectivity index (χ2v) is 10.9. The molecule has 3 aliphatic rings. The average molecular weight is 465 g/mol. The minimum absolute atomic E-state index is 0.104. The van der Waals surface area contributed by atoms with Crippen molar-refractivity contribution in [2.75, 3.05) is 0 Å². The van der Waals surface area contributed by atoms with Crippen molar-refractivity contribution in [2.24, 2.45) is 5.73 Å². The van der Waals surface area contributed by atoms with Gasteiger partial charge in [0.25, 0.3) is 5.91 Å². The molecule has 1 aromatic carbocycles. The number of nitrogens with zero attached hydrogens (tertiary/aromatic N) is 2. The number of amides is 1. The summed E-state index contributed by atoms with van der Waals surface area (Å²) in [6.07, 6.45) is 4.81. The zero-order valence-corrected chi connectivity index (χ0v) is 18.5. The van der Waals surface area contributed by atoms with Gasteiger partial charge in [-0.25, -0.2) is 8.42 Å². The van der Waals surface area contributed by atoms with Gasteiger partial charge in [0.1, 0.15) is 10.7 Å². The number of nitrogens with two attached hydrogens (primary N) is 1. The van der Waals surface area contributed by atoms with E-state index in [4.69, 9.17) is 21.9 Å². The lowest BCUT2D eigenvalue weighted by atomic mass is 9.99. The maximum atomic E-state index is 13.4. The second kappa shape index (κ2) is 7.88. The number of hydrogen-bond acceptors (Lipinski definition) is 6. The maximum absolute atomic E-state index is 13.4. The van der Waals surface area contributed by atoms with Crippen LogP contribution in [0.2, 0.25) is 5.02 Å². The van der Waals surface area contributed by atoms with Crippen molar-refractivity contribution in [3.05, 3.63) is 46.3 Å². The van der Waals surface area contributed by atoms with Crippen LogP contribution in [0.3, 0.4) is 0 Å². The minimum Gasteiger partial charge on any atom is -0.360 e. The van der Waals surface area contributed by atoms with Crippen LogP contribution in [0.4, 0.5) is 0 Å². The van der Waals surface area contributed by atoms with Crippen molar-refractivity contribution in [3.63, 3.8) is 0 Å². The topological polar surface area (TPSA) is 119 Å². The first-order valence-electron chi connectivity index (χ1n) is 10.7. The van der Waals surface area contributed by atoms with Gasteiger partial charge in [-0.3, -0.25) is 4.79 Å². The van der Waals surface area contributed by atoms with Crippen molar-refractivity contribution in [2.45, 2.75) is 74.0 Å². The Labute approximate surface area is 186 Å². The molecule has 31 heavy (non-hydrogen) atoms. The molecule has 3 atom stereocenters. The molecule has 1 aliphatic carbocycles. The van der Waals surface area contributed by atoms with E-state index in [9.17, 15) is 13.2 Å². The Kier molecular flexibility index (Phi) is 5.32. The number of sulfonamides is 1. The maximum Gasteiger partial charge on any atom is 0.273 e. The predicted molar refractivity (Wildman–Crippen MR) is 114 cm³/mol. The minimum atomic E-state index is -3.74. The van der Waals surface area contributed by atoms with Crippen LogP contribution in [-0.2, 0) is 16.6 Å². The van der Waals surface area contributed by atoms with E-state index in [1.807, 2.05) is 0 Å². The summed E-state index contributed by atoms with van der Waals surface area (Å²) in [4.78, 5) is 12.7. The molecule has 2 saturated heterocycles. The van der Waals surface area contributed by atoms with Crippen LogP contribution < -0.4 is 11.1 Å². The Balaban J connectivity index is 1.29. The quantitative estimate of drug-likeness (QED) is 0.678. The summed E-state index contributed by atoms with van der Waals surface area (Å²) in [5, 5.41) is 7.11. The van der Waals surface area contributed by atoms with Crippen molar-refractivity contribution in [1.29, 1.82) is 0 Å². The molecule has 0 spiro atoms. The Morgan fingerprint density at radius 2 is 1.90 bits per heavy atom. The summed E-state index contributed by atoms with van der Waals surface area (Å²) in [7, 11) is -3.74. The number of nitrogens with one attached hydrogen (secondary N) is 1. The summed E-state index contributed by atoms with van der Waals surface area (Å²) in [5.74, 6) is 0.893. The lowest BCUT2D eigenvalue weighted by Crippen LogP contribution is -2.52. The molecule has 8 nitrogen and oxygen atoms in total. The third kappa shape index (κ3) is 3.88. The van der Waals surface area contributed by atoms with Gasteiger partial charge in [0.05, 0.1) is 5.02 Å². The lowest BCUT2D eigenvalue weighted by molar-refractivity contribution is 0.0900. The van der Waals surface area contributed by atoms with Gasteiger partial charge in [0.15, 0.2) is 5.69 Å². The number of hydrogen-bond donors (Lipinski definition) is 2. The Bertz CT molecular complexity index is 1100. The Morgan fingerprint density at radius 3 is 2.52 bits per heavy atom. The normalized spacial score (nSPS) is 26.2. The smallest absolute Gasteiger partial charge is 0.273 e. The zero-order valence-electron chi connectivity index (χ0n) is 17.0. The molecule has 2 aromatic rings. The van der Waals surface area contributed by atoms with E-state index >= 15 is 0 Å². The van der Waals surface area contributed by atoms with Crippen molar-refractivity contribution in [1.82, 2.24) is 14.8 Å². The van der Waals surface area contributed by atoms with E-state index in [1.165, 1.54) is 6.07 Å². The third-order valence-corrected chi connectivity index (χ3v) is 9.02. The highest BCUT2D eigenvalue weighted by molar-refractivity contribution is 7.89. The van der Waals surface area contributed by atoms with Crippen molar-refractivity contribution >= 4 is 27.5 Å². The van der Waals surface area contributed by atoms with Gasteiger partial charge in [-0.15, -0.1) is 0 Å². The number of benzene rings is 1. The highest BCUT2D eigenvalue weighted by atomic mass is 35.5.